The van der Waals surface area contributed by atoms with Crippen molar-refractivity contribution in [3.8, 4) is 0 Å². The first-order chi connectivity index (χ1) is 14.3. The molecule has 2 aromatic rings. The lowest BCUT2D eigenvalue weighted by Gasteiger charge is -2.21. The Bertz CT molecular complexity index is 1020. The summed E-state index contributed by atoms with van der Waals surface area (Å²) < 4.78 is 40.9. The van der Waals surface area contributed by atoms with Gasteiger partial charge >= 0.3 is 0 Å². The topological polar surface area (TPSA) is 78.5 Å². The maximum Gasteiger partial charge on any atom is 0.243 e. The predicted molar refractivity (Wildman–Crippen MR) is 117 cm³/mol. The van der Waals surface area contributed by atoms with Gasteiger partial charge in [0.2, 0.25) is 15.9 Å². The van der Waals surface area contributed by atoms with Crippen LogP contribution in [0.2, 0.25) is 5.02 Å². The molecule has 2 aromatic carbocycles. The van der Waals surface area contributed by atoms with E-state index in [4.69, 9.17) is 11.6 Å². The molecule has 1 fully saturated rings. The molecule has 0 spiro atoms. The molecule has 0 aromatic heterocycles. The van der Waals surface area contributed by atoms with Crippen molar-refractivity contribution in [1.29, 1.82) is 0 Å². The molecule has 1 saturated heterocycles. The Morgan fingerprint density at radius 1 is 1.10 bits per heavy atom. The molecule has 0 radical (unpaired) electrons. The van der Waals surface area contributed by atoms with Gasteiger partial charge in [-0.3, -0.25) is 4.79 Å². The molecule has 6 nitrogen and oxygen atoms in total. The number of anilines is 2. The molecule has 1 aliphatic rings. The summed E-state index contributed by atoms with van der Waals surface area (Å²) in [7, 11) is -3.60. The van der Waals surface area contributed by atoms with Crippen molar-refractivity contribution in [2.75, 3.05) is 30.3 Å². The van der Waals surface area contributed by atoms with Crippen molar-refractivity contribution >= 4 is 38.9 Å². The second-order valence-electron chi connectivity index (χ2n) is 7.32. The van der Waals surface area contributed by atoms with Crippen molar-refractivity contribution < 1.29 is 17.6 Å². The highest BCUT2D eigenvalue weighted by atomic mass is 35.5. The molecule has 3 rings (SSSR count). The van der Waals surface area contributed by atoms with Crippen LogP contribution >= 0.6 is 11.6 Å². The number of rotatable bonds is 6. The number of carbonyl (C=O) groups excluding carboxylic acids is 1. The number of benzene rings is 2. The summed E-state index contributed by atoms with van der Waals surface area (Å²) in [5.74, 6) is -0.880. The van der Waals surface area contributed by atoms with Crippen LogP contribution in [0.3, 0.4) is 0 Å². The first-order valence-corrected chi connectivity index (χ1v) is 11.7. The van der Waals surface area contributed by atoms with Crippen LogP contribution in [-0.2, 0) is 14.8 Å². The van der Waals surface area contributed by atoms with Crippen molar-refractivity contribution in [2.24, 2.45) is 0 Å². The Balaban J connectivity index is 1.69. The number of aryl methyl sites for hydroxylation is 1. The van der Waals surface area contributed by atoms with Crippen molar-refractivity contribution in [3.05, 3.63) is 52.8 Å². The Morgan fingerprint density at radius 2 is 1.80 bits per heavy atom. The summed E-state index contributed by atoms with van der Waals surface area (Å²) >= 11 is 5.92. The van der Waals surface area contributed by atoms with Crippen LogP contribution in [0.25, 0.3) is 0 Å². The smallest absolute Gasteiger partial charge is 0.243 e. The van der Waals surface area contributed by atoms with E-state index < -0.39 is 15.8 Å². The summed E-state index contributed by atoms with van der Waals surface area (Å²) in [6, 6.07) is 8.72. The second kappa shape index (κ2) is 9.76. The Labute approximate surface area is 181 Å². The molecule has 2 N–H and O–H groups in total. The summed E-state index contributed by atoms with van der Waals surface area (Å²) in [5.41, 5.74) is 1.49. The molecule has 1 heterocycles. The third kappa shape index (κ3) is 5.50. The molecular weight excluding hydrogens is 429 g/mol. The first kappa shape index (κ1) is 22.5. The Hall–Kier alpha value is -2.16. The lowest BCUT2D eigenvalue weighted by atomic mass is 10.2. The minimum absolute atomic E-state index is 0.0973. The first-order valence-electron chi connectivity index (χ1n) is 9.87. The maximum atomic E-state index is 13.1. The molecule has 0 bridgehead atoms. The van der Waals surface area contributed by atoms with E-state index >= 15 is 0 Å². The number of nitrogens with zero attached hydrogens (tertiary/aromatic N) is 1. The van der Waals surface area contributed by atoms with Crippen LogP contribution in [0.4, 0.5) is 15.8 Å². The fourth-order valence-corrected chi connectivity index (χ4v) is 5.36. The quantitative estimate of drug-likeness (QED) is 0.679. The van der Waals surface area contributed by atoms with Gasteiger partial charge in [0.15, 0.2) is 0 Å². The van der Waals surface area contributed by atoms with Gasteiger partial charge < -0.3 is 10.6 Å². The van der Waals surface area contributed by atoms with Crippen LogP contribution in [0.15, 0.2) is 41.3 Å². The van der Waals surface area contributed by atoms with E-state index in [0.717, 1.165) is 31.7 Å². The van der Waals surface area contributed by atoms with E-state index in [1.165, 1.54) is 12.1 Å². The molecule has 162 valence electrons. The highest BCUT2D eigenvalue weighted by Crippen LogP contribution is 2.26. The van der Waals surface area contributed by atoms with Crippen LogP contribution in [0.5, 0.6) is 0 Å². The average Bonchev–Trinajstić information content (AvgIpc) is 2.99. The zero-order valence-electron chi connectivity index (χ0n) is 16.7. The molecular formula is C21H25ClFN3O3S. The SMILES string of the molecule is Cc1ccc(NCC(=O)Nc2ccc(F)cc2Cl)cc1S(=O)(=O)N1CCCCCC1. The minimum Gasteiger partial charge on any atom is -0.376 e. The summed E-state index contributed by atoms with van der Waals surface area (Å²) in [4.78, 5) is 12.5. The van der Waals surface area contributed by atoms with Crippen LogP contribution in [0, 0.1) is 12.7 Å². The van der Waals surface area contributed by atoms with E-state index in [1.54, 1.807) is 29.4 Å². The normalized spacial score (nSPS) is 15.4. The zero-order valence-corrected chi connectivity index (χ0v) is 18.3. The predicted octanol–water partition coefficient (Wildman–Crippen LogP) is 4.40. The van der Waals surface area contributed by atoms with E-state index in [2.05, 4.69) is 10.6 Å². The fraction of sp³-hybridized carbons (Fsp3) is 0.381. The van der Waals surface area contributed by atoms with Gasteiger partial charge in [0.25, 0.3) is 0 Å². The summed E-state index contributed by atoms with van der Waals surface area (Å²) in [6.07, 6.45) is 3.81. The number of hydrogen-bond acceptors (Lipinski definition) is 4. The maximum absolute atomic E-state index is 13.1. The van der Waals surface area contributed by atoms with Crippen molar-refractivity contribution in [1.82, 2.24) is 4.31 Å². The summed E-state index contributed by atoms with van der Waals surface area (Å²) in [5, 5.41) is 5.64. The van der Waals surface area contributed by atoms with Crippen molar-refractivity contribution in [2.45, 2.75) is 37.5 Å². The zero-order chi connectivity index (χ0) is 21.7. The Kier molecular flexibility index (Phi) is 7.33. The summed E-state index contributed by atoms with van der Waals surface area (Å²) in [6.45, 7) is 2.72. The van der Waals surface area contributed by atoms with Gasteiger partial charge in [0, 0.05) is 18.8 Å². The van der Waals surface area contributed by atoms with Gasteiger partial charge in [0.05, 0.1) is 22.2 Å². The molecule has 0 atom stereocenters. The van der Waals surface area contributed by atoms with Gasteiger partial charge in [-0.1, -0.05) is 30.5 Å². The number of nitrogens with one attached hydrogen (secondary N) is 2. The molecule has 1 amide bonds. The third-order valence-corrected chi connectivity index (χ3v) is 7.38. The largest absolute Gasteiger partial charge is 0.376 e. The van der Waals surface area contributed by atoms with Gasteiger partial charge in [-0.25, -0.2) is 12.8 Å². The van der Waals surface area contributed by atoms with Crippen LogP contribution in [-0.4, -0.2) is 38.3 Å². The minimum atomic E-state index is -3.60. The van der Waals surface area contributed by atoms with Crippen LogP contribution in [0.1, 0.15) is 31.2 Å². The number of halogens is 2. The highest BCUT2D eigenvalue weighted by Gasteiger charge is 2.27. The van der Waals surface area contributed by atoms with Gasteiger partial charge in [-0.15, -0.1) is 0 Å². The molecule has 0 aliphatic carbocycles. The molecule has 1 aliphatic heterocycles. The van der Waals surface area contributed by atoms with E-state index in [9.17, 15) is 17.6 Å². The molecule has 30 heavy (non-hydrogen) atoms. The molecule has 0 unspecified atom stereocenters. The van der Waals surface area contributed by atoms with Crippen molar-refractivity contribution in [3.63, 3.8) is 0 Å². The number of carbonyl (C=O) groups is 1. The van der Waals surface area contributed by atoms with Gasteiger partial charge in [0.1, 0.15) is 5.82 Å². The lowest BCUT2D eigenvalue weighted by Crippen LogP contribution is -2.32. The standard InChI is InChI=1S/C21H25ClFN3O3S/c1-15-6-8-17(13-20(15)30(28,29)26-10-4-2-3-5-11-26)24-14-21(27)25-19-9-7-16(23)12-18(19)22/h6-9,12-13,24H,2-5,10-11,14H2,1H3,(H,25,27). The second-order valence-corrected chi connectivity index (χ2v) is 9.64. The fourth-order valence-electron chi connectivity index (χ4n) is 3.38. The number of hydrogen-bond donors (Lipinski definition) is 2. The molecule has 9 heteroatoms. The van der Waals surface area contributed by atoms with Gasteiger partial charge in [-0.05, 0) is 55.7 Å². The Morgan fingerprint density at radius 3 is 2.47 bits per heavy atom. The highest BCUT2D eigenvalue weighted by molar-refractivity contribution is 7.89. The van der Waals surface area contributed by atoms with Crippen LogP contribution < -0.4 is 10.6 Å². The lowest BCUT2D eigenvalue weighted by molar-refractivity contribution is -0.114. The monoisotopic (exact) mass is 453 g/mol. The van der Waals surface area contributed by atoms with Gasteiger partial charge in [-0.2, -0.15) is 4.31 Å². The average molecular weight is 454 g/mol. The molecule has 0 saturated carbocycles. The third-order valence-electron chi connectivity index (χ3n) is 5.03. The number of amides is 1. The number of sulfonamides is 1. The van der Waals surface area contributed by atoms with E-state index in [1.807, 2.05) is 0 Å². The van der Waals surface area contributed by atoms with E-state index in [0.29, 0.717) is 30.0 Å². The van der Waals surface area contributed by atoms with E-state index in [-0.39, 0.29) is 22.4 Å².